The zero-order chi connectivity index (χ0) is 13.7. The molecule has 1 aliphatic carbocycles. The Hall–Kier alpha value is -0.0800. The Kier molecular flexibility index (Phi) is 7.53. The molecule has 0 atom stereocenters. The molecule has 118 valence electrons. The zero-order valence-corrected chi connectivity index (χ0v) is 15.1. The van der Waals surface area contributed by atoms with Gasteiger partial charge in [0.15, 0.2) is 5.96 Å². The molecule has 0 aromatic carbocycles. The third-order valence-electron chi connectivity index (χ3n) is 3.98. The average Bonchev–Trinajstić information content (AvgIpc) is 2.25. The normalized spacial score (nSPS) is 23.8. The van der Waals surface area contributed by atoms with Crippen molar-refractivity contribution in [1.29, 1.82) is 0 Å². The molecule has 0 aromatic rings. The summed E-state index contributed by atoms with van der Waals surface area (Å²) in [6.07, 6.45) is 4.00. The van der Waals surface area contributed by atoms with Crippen molar-refractivity contribution in [3.05, 3.63) is 0 Å². The van der Waals surface area contributed by atoms with E-state index in [0.717, 1.165) is 45.2 Å². The first kappa shape index (κ1) is 18.0. The minimum absolute atomic E-state index is 0. The van der Waals surface area contributed by atoms with Crippen LogP contribution in [0.25, 0.3) is 0 Å². The quantitative estimate of drug-likeness (QED) is 0.419. The van der Waals surface area contributed by atoms with Gasteiger partial charge in [-0.1, -0.05) is 6.42 Å². The number of halogens is 1. The van der Waals surface area contributed by atoms with Gasteiger partial charge < -0.3 is 15.8 Å². The smallest absolute Gasteiger partial charge is 0.188 e. The molecule has 3 N–H and O–H groups in total. The van der Waals surface area contributed by atoms with E-state index in [1.54, 1.807) is 0 Å². The minimum Gasteiger partial charge on any atom is -0.373 e. The Balaban J connectivity index is 0.00000200. The van der Waals surface area contributed by atoms with Crippen molar-refractivity contribution in [2.24, 2.45) is 16.6 Å². The molecule has 0 bridgehead atoms. The van der Waals surface area contributed by atoms with Crippen LogP contribution in [0.1, 0.15) is 33.1 Å². The topological polar surface area (TPSA) is 62.9 Å². The van der Waals surface area contributed by atoms with Crippen LogP contribution in [-0.4, -0.2) is 55.8 Å². The average molecular weight is 396 g/mol. The lowest BCUT2D eigenvalue weighted by Crippen LogP contribution is -2.50. The van der Waals surface area contributed by atoms with Gasteiger partial charge in [-0.25, -0.2) is 0 Å². The van der Waals surface area contributed by atoms with Crippen molar-refractivity contribution in [1.82, 2.24) is 10.2 Å². The van der Waals surface area contributed by atoms with Crippen LogP contribution in [0.3, 0.4) is 0 Å². The first-order valence-electron chi connectivity index (χ1n) is 7.45. The number of morpholine rings is 1. The van der Waals surface area contributed by atoms with Crippen LogP contribution in [0.5, 0.6) is 0 Å². The minimum atomic E-state index is -0.0257. The SMILES string of the molecule is CC1(C)CN(CCNC(N)=NCC2CCC2)CCO1.I. The number of rotatable bonds is 5. The molecule has 2 rings (SSSR count). The number of hydrogen-bond acceptors (Lipinski definition) is 3. The van der Waals surface area contributed by atoms with Crippen molar-refractivity contribution in [2.45, 2.75) is 38.7 Å². The monoisotopic (exact) mass is 396 g/mol. The van der Waals surface area contributed by atoms with Crippen molar-refractivity contribution in [2.75, 3.05) is 39.3 Å². The summed E-state index contributed by atoms with van der Waals surface area (Å²) >= 11 is 0. The second-order valence-corrected chi connectivity index (χ2v) is 6.33. The summed E-state index contributed by atoms with van der Waals surface area (Å²) in [6, 6.07) is 0. The lowest BCUT2D eigenvalue weighted by atomic mass is 9.86. The van der Waals surface area contributed by atoms with Gasteiger partial charge in [-0.05, 0) is 32.6 Å². The van der Waals surface area contributed by atoms with Crippen LogP contribution in [0.4, 0.5) is 0 Å². The van der Waals surface area contributed by atoms with Crippen molar-refractivity contribution in [3.8, 4) is 0 Å². The molecular weight excluding hydrogens is 367 g/mol. The van der Waals surface area contributed by atoms with E-state index in [2.05, 4.69) is 29.1 Å². The van der Waals surface area contributed by atoms with Gasteiger partial charge in [0.2, 0.25) is 0 Å². The largest absolute Gasteiger partial charge is 0.373 e. The second-order valence-electron chi connectivity index (χ2n) is 6.33. The Morgan fingerprint density at radius 1 is 1.45 bits per heavy atom. The van der Waals surface area contributed by atoms with Gasteiger partial charge in [0.1, 0.15) is 0 Å². The van der Waals surface area contributed by atoms with Crippen LogP contribution in [0, 0.1) is 5.92 Å². The molecule has 0 radical (unpaired) electrons. The highest BCUT2D eigenvalue weighted by Crippen LogP contribution is 2.26. The van der Waals surface area contributed by atoms with Crippen LogP contribution >= 0.6 is 24.0 Å². The molecule has 1 heterocycles. The first-order chi connectivity index (χ1) is 9.05. The standard InChI is InChI=1S/C14H28N4O.HI/c1-14(2)11-18(8-9-19-14)7-6-16-13(15)17-10-12-4-3-5-12;/h12H,3-11H2,1-2H3,(H3,15,16,17);1H. The molecule has 0 unspecified atom stereocenters. The van der Waals surface area contributed by atoms with Crippen LogP contribution < -0.4 is 11.1 Å². The highest BCUT2D eigenvalue weighted by Gasteiger charge is 2.26. The van der Waals surface area contributed by atoms with Crippen molar-refractivity contribution in [3.63, 3.8) is 0 Å². The highest BCUT2D eigenvalue weighted by molar-refractivity contribution is 14.0. The fourth-order valence-electron chi connectivity index (χ4n) is 2.61. The van der Waals surface area contributed by atoms with Crippen molar-refractivity contribution < 1.29 is 4.74 Å². The number of guanidine groups is 1. The molecule has 1 aliphatic heterocycles. The summed E-state index contributed by atoms with van der Waals surface area (Å²) < 4.78 is 5.70. The Labute approximate surface area is 139 Å². The summed E-state index contributed by atoms with van der Waals surface area (Å²) in [5, 5.41) is 3.21. The molecule has 0 aromatic heterocycles. The molecule has 0 spiro atoms. The predicted molar refractivity (Wildman–Crippen MR) is 93.7 cm³/mol. The number of aliphatic imine (C=N–C) groups is 1. The maximum absolute atomic E-state index is 5.87. The number of hydrogen-bond donors (Lipinski definition) is 2. The number of nitrogens with two attached hydrogens (primary N) is 1. The van der Waals surface area contributed by atoms with Gasteiger partial charge >= 0.3 is 0 Å². The number of nitrogens with zero attached hydrogens (tertiary/aromatic N) is 2. The van der Waals surface area contributed by atoms with E-state index in [1.807, 2.05) is 0 Å². The molecule has 2 aliphatic rings. The molecule has 2 fully saturated rings. The Morgan fingerprint density at radius 3 is 2.80 bits per heavy atom. The van der Waals surface area contributed by atoms with E-state index in [-0.39, 0.29) is 29.6 Å². The Bertz CT molecular complexity index is 318. The zero-order valence-electron chi connectivity index (χ0n) is 12.7. The lowest BCUT2D eigenvalue weighted by molar-refractivity contribution is -0.0852. The van der Waals surface area contributed by atoms with Gasteiger partial charge in [-0.15, -0.1) is 24.0 Å². The fourth-order valence-corrected chi connectivity index (χ4v) is 2.61. The van der Waals surface area contributed by atoms with E-state index in [9.17, 15) is 0 Å². The number of nitrogens with one attached hydrogen (secondary N) is 1. The van der Waals surface area contributed by atoms with E-state index >= 15 is 0 Å². The maximum atomic E-state index is 5.87. The van der Waals surface area contributed by atoms with Gasteiger partial charge in [0.25, 0.3) is 0 Å². The molecule has 6 heteroatoms. The van der Waals surface area contributed by atoms with Crippen molar-refractivity contribution >= 4 is 29.9 Å². The molecule has 20 heavy (non-hydrogen) atoms. The molecule has 1 saturated heterocycles. The summed E-state index contributed by atoms with van der Waals surface area (Å²) in [6.45, 7) is 9.82. The predicted octanol–water partition coefficient (Wildman–Crippen LogP) is 1.42. The first-order valence-corrected chi connectivity index (χ1v) is 7.45. The molecule has 1 saturated carbocycles. The third-order valence-corrected chi connectivity index (χ3v) is 3.98. The van der Waals surface area contributed by atoms with Gasteiger partial charge in [0.05, 0.1) is 12.2 Å². The van der Waals surface area contributed by atoms with Crippen LogP contribution in [-0.2, 0) is 4.74 Å². The summed E-state index contributed by atoms with van der Waals surface area (Å²) in [4.78, 5) is 6.81. The van der Waals surface area contributed by atoms with Gasteiger partial charge in [0, 0.05) is 32.7 Å². The van der Waals surface area contributed by atoms with Crippen LogP contribution in [0.15, 0.2) is 4.99 Å². The fraction of sp³-hybridized carbons (Fsp3) is 0.929. The lowest BCUT2D eigenvalue weighted by Gasteiger charge is -2.38. The third kappa shape index (κ3) is 6.13. The molecule has 0 amide bonds. The molecule has 5 nitrogen and oxygen atoms in total. The second kappa shape index (κ2) is 8.38. The van der Waals surface area contributed by atoms with E-state index in [0.29, 0.717) is 5.96 Å². The highest BCUT2D eigenvalue weighted by atomic mass is 127. The van der Waals surface area contributed by atoms with E-state index < -0.39 is 0 Å². The summed E-state index contributed by atoms with van der Waals surface area (Å²) in [5.74, 6) is 1.37. The van der Waals surface area contributed by atoms with E-state index in [1.165, 1.54) is 19.3 Å². The number of ether oxygens (including phenoxy) is 1. The Morgan fingerprint density at radius 2 is 2.20 bits per heavy atom. The van der Waals surface area contributed by atoms with Gasteiger partial charge in [-0.2, -0.15) is 0 Å². The van der Waals surface area contributed by atoms with Gasteiger partial charge in [-0.3, -0.25) is 9.89 Å². The summed E-state index contributed by atoms with van der Waals surface area (Å²) in [5.41, 5.74) is 5.84. The molecular formula is C14H29IN4O. The maximum Gasteiger partial charge on any atom is 0.188 e. The van der Waals surface area contributed by atoms with E-state index in [4.69, 9.17) is 10.5 Å². The van der Waals surface area contributed by atoms with Crippen LogP contribution in [0.2, 0.25) is 0 Å². The summed E-state index contributed by atoms with van der Waals surface area (Å²) in [7, 11) is 0.